The number of hydrogen-bond donors (Lipinski definition) is 2. The molecule has 0 spiro atoms. The maximum Gasteiger partial charge on any atom is 0.412 e. The first kappa shape index (κ1) is 28.6. The Kier molecular flexibility index (Phi) is 9.40. The van der Waals surface area contributed by atoms with Crippen LogP contribution in [0.4, 0.5) is 9.18 Å². The monoisotopic (exact) mass is 564 g/mol. The zero-order chi connectivity index (χ0) is 28.6. The maximum absolute atomic E-state index is 13.6. The first-order valence-electron chi connectivity index (χ1n) is 12.9. The summed E-state index contributed by atoms with van der Waals surface area (Å²) in [7, 11) is 0. The molecule has 2 atom stereocenters. The van der Waals surface area contributed by atoms with Crippen LogP contribution in [0.1, 0.15) is 24.3 Å². The Morgan fingerprint density at radius 1 is 1.12 bits per heavy atom. The van der Waals surface area contributed by atoms with Gasteiger partial charge in [-0.2, -0.15) is 5.26 Å². The summed E-state index contributed by atoms with van der Waals surface area (Å²) in [6.07, 6.45) is 3.12. The number of hydrogen-bond acceptors (Lipinski definition) is 7. The van der Waals surface area contributed by atoms with Gasteiger partial charge in [0.25, 0.3) is 0 Å². The molecule has 3 N–H and O–H groups in total. The number of benzene rings is 2. The van der Waals surface area contributed by atoms with Crippen molar-refractivity contribution in [1.82, 2.24) is 15.1 Å². The molecule has 2 heterocycles. The maximum atomic E-state index is 13.6. The Morgan fingerprint density at radius 2 is 1.80 bits per heavy atom. The molecule has 2 amide bonds. The highest BCUT2D eigenvalue weighted by Crippen LogP contribution is 2.32. The summed E-state index contributed by atoms with van der Waals surface area (Å²) in [5.41, 5.74) is 6.56. The number of halogens is 2. The second-order valence-corrected chi connectivity index (χ2v) is 10.1. The molecule has 9 nitrogen and oxygen atoms in total. The number of likely N-dealkylation sites (tertiary alicyclic amines) is 2. The summed E-state index contributed by atoms with van der Waals surface area (Å²) in [6, 6.07) is 14.1. The number of nitriles is 1. The topological polar surface area (TPSA) is 124 Å². The third-order valence-corrected chi connectivity index (χ3v) is 7.38. The van der Waals surface area contributed by atoms with E-state index >= 15 is 0 Å². The number of nitrogens with two attached hydrogens (primary N) is 1. The van der Waals surface area contributed by atoms with E-state index in [1.807, 2.05) is 23.1 Å². The van der Waals surface area contributed by atoms with Crippen LogP contribution in [0.2, 0.25) is 5.02 Å². The lowest BCUT2D eigenvalue weighted by Crippen LogP contribution is -2.44. The van der Waals surface area contributed by atoms with Crippen LogP contribution in [-0.4, -0.2) is 60.2 Å². The molecule has 4 rings (SSSR count). The molecule has 0 saturated carbocycles. The number of nitrogens with one attached hydrogen (secondary N) is 1. The zero-order valence-corrected chi connectivity index (χ0v) is 22.6. The lowest BCUT2D eigenvalue weighted by molar-refractivity contribution is -0.136. The van der Waals surface area contributed by atoms with Gasteiger partial charge in [-0.1, -0.05) is 30.3 Å². The van der Waals surface area contributed by atoms with E-state index in [4.69, 9.17) is 27.3 Å². The van der Waals surface area contributed by atoms with Crippen molar-refractivity contribution < 1.29 is 18.7 Å². The molecule has 0 radical (unpaired) electrons. The molecule has 0 unspecified atom stereocenters. The minimum atomic E-state index is -0.679. The van der Waals surface area contributed by atoms with E-state index in [9.17, 15) is 14.0 Å². The van der Waals surface area contributed by atoms with Crippen LogP contribution in [0, 0.1) is 23.1 Å². The minimum Gasteiger partial charge on any atom is -0.410 e. The predicted octanol–water partition coefficient (Wildman–Crippen LogP) is 4.18. The number of amides is 2. The Labute approximate surface area is 237 Å². The average Bonchev–Trinajstić information content (AvgIpc) is 3.38. The number of rotatable bonds is 7. The molecule has 2 aromatic rings. The number of carbonyl (C=O) groups excluding carboxylic acids is 2. The van der Waals surface area contributed by atoms with Crippen molar-refractivity contribution in [2.75, 3.05) is 26.2 Å². The SMILES string of the molecule is C=C(/N=C\C(C#N)=C/N)N1CCC(C(=O)N2C[C@@H](NC(=O)Oc3ccc(F)cc3)[C@H](c3ccc(Cl)cc3)C2)CC1. The molecular formula is C29H30ClFN6O3. The standard InChI is InChI=1S/C29H30ClFN6O3/c1-19(34-16-20(14-32)15-33)36-12-10-22(11-13-36)28(38)37-17-26(21-2-4-23(30)5-3-21)27(18-37)35-29(39)40-25-8-6-24(31)7-9-25/h2-9,14,16,22,26-27H,1,10-13,17-18,32H2,(H,35,39)/b20-14-,34-16-/t26-,27+/m0/s1. The largest absolute Gasteiger partial charge is 0.412 e. The summed E-state index contributed by atoms with van der Waals surface area (Å²) in [6.45, 7) is 5.91. The van der Waals surface area contributed by atoms with Gasteiger partial charge in [-0.05, 0) is 54.8 Å². The Hall–Kier alpha value is -4.36. The van der Waals surface area contributed by atoms with Crippen molar-refractivity contribution >= 4 is 29.8 Å². The highest BCUT2D eigenvalue weighted by molar-refractivity contribution is 6.30. The van der Waals surface area contributed by atoms with E-state index in [1.165, 1.54) is 36.7 Å². The van der Waals surface area contributed by atoms with Crippen molar-refractivity contribution in [2.24, 2.45) is 16.6 Å². The van der Waals surface area contributed by atoms with Crippen molar-refractivity contribution in [1.29, 1.82) is 5.26 Å². The highest BCUT2D eigenvalue weighted by atomic mass is 35.5. The fourth-order valence-electron chi connectivity index (χ4n) is 4.95. The summed E-state index contributed by atoms with van der Waals surface area (Å²) >= 11 is 6.08. The van der Waals surface area contributed by atoms with Crippen LogP contribution in [0.15, 0.2) is 77.7 Å². The molecule has 0 aromatic heterocycles. The van der Waals surface area contributed by atoms with Crippen LogP contribution in [0.5, 0.6) is 5.75 Å². The fourth-order valence-corrected chi connectivity index (χ4v) is 5.07. The summed E-state index contributed by atoms with van der Waals surface area (Å²) in [4.78, 5) is 34.2. The molecule has 11 heteroatoms. The second-order valence-electron chi connectivity index (χ2n) is 9.67. The van der Waals surface area contributed by atoms with E-state index in [1.54, 1.807) is 17.0 Å². The Balaban J connectivity index is 1.39. The first-order chi connectivity index (χ1) is 19.3. The Bertz CT molecular complexity index is 1330. The van der Waals surface area contributed by atoms with E-state index < -0.39 is 18.0 Å². The number of aliphatic imine (C=N–C) groups is 1. The van der Waals surface area contributed by atoms with Crippen LogP contribution in [-0.2, 0) is 4.79 Å². The van der Waals surface area contributed by atoms with Gasteiger partial charge in [0, 0.05) is 55.5 Å². The second kappa shape index (κ2) is 13.1. The molecule has 0 bridgehead atoms. The van der Waals surface area contributed by atoms with E-state index in [-0.39, 0.29) is 29.1 Å². The van der Waals surface area contributed by atoms with Crippen LogP contribution >= 0.6 is 11.6 Å². The highest BCUT2D eigenvalue weighted by Gasteiger charge is 2.40. The van der Waals surface area contributed by atoms with Crippen molar-refractivity contribution in [3.8, 4) is 11.8 Å². The number of carbonyl (C=O) groups is 2. The molecule has 2 aliphatic rings. The van der Waals surface area contributed by atoms with Crippen molar-refractivity contribution in [3.05, 3.63) is 89.1 Å². The minimum absolute atomic E-state index is 0.0294. The summed E-state index contributed by atoms with van der Waals surface area (Å²) < 4.78 is 18.5. The van der Waals surface area contributed by atoms with Gasteiger partial charge in [0.15, 0.2) is 0 Å². The molecule has 2 fully saturated rings. The van der Waals surface area contributed by atoms with Crippen LogP contribution in [0.3, 0.4) is 0 Å². The quantitative estimate of drug-likeness (QED) is 0.384. The van der Waals surface area contributed by atoms with E-state index in [0.29, 0.717) is 49.9 Å². The van der Waals surface area contributed by atoms with Gasteiger partial charge in [-0.15, -0.1) is 0 Å². The van der Waals surface area contributed by atoms with Gasteiger partial charge in [0.2, 0.25) is 5.91 Å². The molecule has 2 saturated heterocycles. The molecule has 2 aliphatic heterocycles. The van der Waals surface area contributed by atoms with Crippen LogP contribution < -0.4 is 15.8 Å². The molecule has 2 aromatic carbocycles. The molecular weight excluding hydrogens is 535 g/mol. The number of nitrogens with zero attached hydrogens (tertiary/aromatic N) is 4. The number of allylic oxidation sites excluding steroid dienone is 1. The molecule has 0 aliphatic carbocycles. The molecule has 40 heavy (non-hydrogen) atoms. The van der Waals surface area contributed by atoms with Crippen LogP contribution in [0.25, 0.3) is 0 Å². The smallest absolute Gasteiger partial charge is 0.410 e. The lowest BCUT2D eigenvalue weighted by atomic mass is 9.94. The fraction of sp³-hybridized carbons (Fsp3) is 0.310. The van der Waals surface area contributed by atoms with Gasteiger partial charge < -0.3 is 25.6 Å². The van der Waals surface area contributed by atoms with E-state index in [0.717, 1.165) is 5.56 Å². The van der Waals surface area contributed by atoms with Crippen molar-refractivity contribution in [3.63, 3.8) is 0 Å². The van der Waals surface area contributed by atoms with Crippen molar-refractivity contribution in [2.45, 2.75) is 24.8 Å². The first-order valence-corrected chi connectivity index (χ1v) is 13.2. The summed E-state index contributed by atoms with van der Waals surface area (Å²) in [5, 5.41) is 12.5. The number of piperidine rings is 1. The predicted molar refractivity (Wildman–Crippen MR) is 150 cm³/mol. The Morgan fingerprint density at radius 3 is 2.42 bits per heavy atom. The average molecular weight is 565 g/mol. The summed E-state index contributed by atoms with van der Waals surface area (Å²) in [5.74, 6) is -0.0209. The van der Waals surface area contributed by atoms with Gasteiger partial charge in [-0.25, -0.2) is 14.2 Å². The van der Waals surface area contributed by atoms with Gasteiger partial charge >= 0.3 is 6.09 Å². The third kappa shape index (κ3) is 7.18. The van der Waals surface area contributed by atoms with Gasteiger partial charge in [-0.3, -0.25) is 4.79 Å². The van der Waals surface area contributed by atoms with E-state index in [2.05, 4.69) is 16.9 Å². The number of ether oxygens (including phenoxy) is 1. The zero-order valence-electron chi connectivity index (χ0n) is 21.8. The van der Waals surface area contributed by atoms with Gasteiger partial charge in [0.1, 0.15) is 23.5 Å². The van der Waals surface area contributed by atoms with Gasteiger partial charge in [0.05, 0.1) is 11.6 Å². The third-order valence-electron chi connectivity index (χ3n) is 7.13. The lowest BCUT2D eigenvalue weighted by Gasteiger charge is -2.34. The molecule has 208 valence electrons. The normalized spacial score (nSPS) is 19.9.